The smallest absolute Gasteiger partial charge is 0.0371 e. The molecule has 1 aromatic carbocycles. The second kappa shape index (κ2) is 5.84. The first-order valence-electron chi connectivity index (χ1n) is 7.11. The van der Waals surface area contributed by atoms with Gasteiger partial charge in [0.25, 0.3) is 0 Å². The summed E-state index contributed by atoms with van der Waals surface area (Å²) in [4.78, 5) is 2.47. The Bertz CT molecular complexity index is 432. The van der Waals surface area contributed by atoms with Gasteiger partial charge in [-0.05, 0) is 55.8 Å². The molecule has 1 aliphatic rings. The fourth-order valence-corrected chi connectivity index (χ4v) is 3.31. The molecule has 0 heterocycles. The number of anilines is 1. The highest BCUT2D eigenvalue weighted by Crippen LogP contribution is 2.37. The molecule has 0 saturated heterocycles. The van der Waals surface area contributed by atoms with Crippen LogP contribution in [0.15, 0.2) is 22.7 Å². The lowest BCUT2D eigenvalue weighted by atomic mass is 9.75. The summed E-state index contributed by atoms with van der Waals surface area (Å²) in [6.07, 6.45) is 5.27. The van der Waals surface area contributed by atoms with Crippen LogP contribution in [0.2, 0.25) is 0 Å². The number of nitrogens with two attached hydrogens (primary N) is 1. The van der Waals surface area contributed by atoms with Gasteiger partial charge in [0.1, 0.15) is 0 Å². The van der Waals surface area contributed by atoms with Crippen LogP contribution in [0, 0.1) is 5.41 Å². The van der Waals surface area contributed by atoms with Gasteiger partial charge in [-0.15, -0.1) is 0 Å². The van der Waals surface area contributed by atoms with Gasteiger partial charge in [0.2, 0.25) is 0 Å². The summed E-state index contributed by atoms with van der Waals surface area (Å²) >= 11 is 3.46. The first-order chi connectivity index (χ1) is 8.87. The van der Waals surface area contributed by atoms with Gasteiger partial charge < -0.3 is 5.73 Å². The van der Waals surface area contributed by atoms with E-state index in [1.54, 1.807) is 0 Å². The van der Waals surface area contributed by atoms with E-state index in [2.05, 4.69) is 53.9 Å². The van der Waals surface area contributed by atoms with Crippen molar-refractivity contribution in [2.24, 2.45) is 5.41 Å². The summed E-state index contributed by atoms with van der Waals surface area (Å²) < 4.78 is 1.05. The van der Waals surface area contributed by atoms with Crippen LogP contribution in [0.25, 0.3) is 0 Å². The monoisotopic (exact) mass is 324 g/mol. The molecule has 106 valence electrons. The second-order valence-corrected chi connectivity index (χ2v) is 7.57. The van der Waals surface area contributed by atoms with Crippen molar-refractivity contribution >= 4 is 21.6 Å². The topological polar surface area (TPSA) is 29.3 Å². The molecule has 1 fully saturated rings. The first-order valence-corrected chi connectivity index (χ1v) is 7.91. The van der Waals surface area contributed by atoms with Crippen LogP contribution in [0.1, 0.15) is 45.1 Å². The van der Waals surface area contributed by atoms with E-state index in [-0.39, 0.29) is 0 Å². The molecule has 0 aromatic heterocycles. The van der Waals surface area contributed by atoms with Crippen molar-refractivity contribution in [3.63, 3.8) is 0 Å². The molecule has 0 atom stereocenters. The number of hydrogen-bond acceptors (Lipinski definition) is 2. The molecule has 1 saturated carbocycles. The lowest BCUT2D eigenvalue weighted by Gasteiger charge is -2.38. The first kappa shape index (κ1) is 14.9. The molecular weight excluding hydrogens is 300 g/mol. The normalized spacial score (nSPS) is 19.8. The lowest BCUT2D eigenvalue weighted by molar-refractivity contribution is 0.123. The highest BCUT2D eigenvalue weighted by molar-refractivity contribution is 9.10. The summed E-state index contributed by atoms with van der Waals surface area (Å²) in [6, 6.07) is 6.90. The Balaban J connectivity index is 1.96. The van der Waals surface area contributed by atoms with E-state index in [9.17, 15) is 0 Å². The van der Waals surface area contributed by atoms with E-state index >= 15 is 0 Å². The molecule has 2 N–H and O–H groups in total. The largest absolute Gasteiger partial charge is 0.398 e. The Kier molecular flexibility index (Phi) is 4.57. The summed E-state index contributed by atoms with van der Waals surface area (Å²) in [5.74, 6) is 0. The SMILES string of the molecule is CN(Cc1ccc(Br)cc1N)C1CCC(C)(C)CC1. The van der Waals surface area contributed by atoms with Crippen molar-refractivity contribution in [3.05, 3.63) is 28.2 Å². The summed E-state index contributed by atoms with van der Waals surface area (Å²) in [5.41, 5.74) is 8.74. The standard InChI is InChI=1S/C16H25BrN2/c1-16(2)8-6-14(7-9-16)19(3)11-12-4-5-13(17)10-15(12)18/h4-5,10,14H,6-9,11,18H2,1-3H3. The molecule has 1 aromatic rings. The molecular formula is C16H25BrN2. The summed E-state index contributed by atoms with van der Waals surface area (Å²) in [6.45, 7) is 5.72. The van der Waals surface area contributed by atoms with Gasteiger partial charge >= 0.3 is 0 Å². The number of halogens is 1. The number of benzene rings is 1. The van der Waals surface area contributed by atoms with Crippen molar-refractivity contribution in [3.8, 4) is 0 Å². The molecule has 2 nitrogen and oxygen atoms in total. The van der Waals surface area contributed by atoms with Crippen LogP contribution in [0.5, 0.6) is 0 Å². The van der Waals surface area contributed by atoms with E-state index in [1.807, 2.05) is 6.07 Å². The quantitative estimate of drug-likeness (QED) is 0.833. The van der Waals surface area contributed by atoms with Gasteiger partial charge in [0.05, 0.1) is 0 Å². The van der Waals surface area contributed by atoms with E-state index in [0.717, 1.165) is 16.7 Å². The van der Waals surface area contributed by atoms with E-state index < -0.39 is 0 Å². The number of hydrogen-bond donors (Lipinski definition) is 1. The van der Waals surface area contributed by atoms with Crippen LogP contribution in [0.4, 0.5) is 5.69 Å². The minimum absolute atomic E-state index is 0.536. The molecule has 1 aliphatic carbocycles. The van der Waals surface area contributed by atoms with Crippen LogP contribution >= 0.6 is 15.9 Å². The van der Waals surface area contributed by atoms with Gasteiger partial charge in [0.15, 0.2) is 0 Å². The van der Waals surface area contributed by atoms with Gasteiger partial charge in [-0.2, -0.15) is 0 Å². The molecule has 19 heavy (non-hydrogen) atoms. The van der Waals surface area contributed by atoms with Crippen LogP contribution < -0.4 is 5.73 Å². The van der Waals surface area contributed by atoms with Gasteiger partial charge in [-0.3, -0.25) is 4.90 Å². The average molecular weight is 325 g/mol. The Hall–Kier alpha value is -0.540. The predicted octanol–water partition coefficient (Wildman–Crippen LogP) is 4.43. The Morgan fingerprint density at radius 1 is 1.32 bits per heavy atom. The molecule has 0 aliphatic heterocycles. The van der Waals surface area contributed by atoms with Gasteiger partial charge in [0, 0.05) is 22.7 Å². The van der Waals surface area contributed by atoms with Crippen LogP contribution in [-0.4, -0.2) is 18.0 Å². The third-order valence-electron chi connectivity index (χ3n) is 4.46. The van der Waals surface area contributed by atoms with Crippen molar-refractivity contribution in [1.29, 1.82) is 0 Å². The zero-order chi connectivity index (χ0) is 14.0. The Labute approximate surface area is 125 Å². The van der Waals surface area contributed by atoms with E-state index in [0.29, 0.717) is 11.5 Å². The van der Waals surface area contributed by atoms with Gasteiger partial charge in [-0.25, -0.2) is 0 Å². The van der Waals surface area contributed by atoms with Crippen molar-refractivity contribution in [2.75, 3.05) is 12.8 Å². The summed E-state index contributed by atoms with van der Waals surface area (Å²) in [5, 5.41) is 0. The van der Waals surface area contributed by atoms with Crippen LogP contribution in [-0.2, 0) is 6.54 Å². The maximum Gasteiger partial charge on any atom is 0.0371 e. The highest BCUT2D eigenvalue weighted by atomic mass is 79.9. The van der Waals surface area contributed by atoms with E-state index in [1.165, 1.54) is 31.2 Å². The second-order valence-electron chi connectivity index (χ2n) is 6.65. The molecule has 0 spiro atoms. The van der Waals surface area contributed by atoms with Crippen molar-refractivity contribution < 1.29 is 0 Å². The molecule has 0 amide bonds. The predicted molar refractivity (Wildman–Crippen MR) is 86.1 cm³/mol. The maximum absolute atomic E-state index is 6.09. The molecule has 0 unspecified atom stereocenters. The molecule has 0 bridgehead atoms. The molecule has 0 radical (unpaired) electrons. The third-order valence-corrected chi connectivity index (χ3v) is 4.95. The van der Waals surface area contributed by atoms with Crippen LogP contribution in [0.3, 0.4) is 0 Å². The minimum Gasteiger partial charge on any atom is -0.398 e. The fraction of sp³-hybridized carbons (Fsp3) is 0.625. The molecule has 3 heteroatoms. The maximum atomic E-state index is 6.09. The Morgan fingerprint density at radius 3 is 2.53 bits per heavy atom. The summed E-state index contributed by atoms with van der Waals surface area (Å²) in [7, 11) is 2.23. The van der Waals surface area contributed by atoms with Crippen molar-refractivity contribution in [1.82, 2.24) is 4.90 Å². The minimum atomic E-state index is 0.536. The van der Waals surface area contributed by atoms with Gasteiger partial charge in [-0.1, -0.05) is 35.8 Å². The third kappa shape index (κ3) is 3.96. The zero-order valence-electron chi connectivity index (χ0n) is 12.2. The number of nitrogen functional groups attached to an aromatic ring is 1. The van der Waals surface area contributed by atoms with E-state index in [4.69, 9.17) is 5.73 Å². The average Bonchev–Trinajstić information content (AvgIpc) is 2.32. The van der Waals surface area contributed by atoms with Crippen molar-refractivity contribution in [2.45, 2.75) is 52.1 Å². The highest BCUT2D eigenvalue weighted by Gasteiger charge is 2.28. The molecule has 2 rings (SSSR count). The zero-order valence-corrected chi connectivity index (χ0v) is 13.8. The lowest BCUT2D eigenvalue weighted by Crippen LogP contribution is -2.36. The fourth-order valence-electron chi connectivity index (χ4n) is 2.93. The number of rotatable bonds is 3. The Morgan fingerprint density at radius 2 is 1.95 bits per heavy atom. The number of nitrogens with zero attached hydrogens (tertiary/aromatic N) is 1.